The largest absolute Gasteiger partial charge is 0.481 e. The van der Waals surface area contributed by atoms with Crippen LogP contribution in [0.3, 0.4) is 0 Å². The SMILES string of the molecule is CCN(CC)C(=O)[C@@H]1C=C2c3cccc4[nH]cc(c34)C[C@H]2N(C)C1.O=C(O)CCCC(O)C(=O)O. The number of hydrogen-bond acceptors (Lipinski definition) is 5. The number of H-pyrrole nitrogens is 1. The van der Waals surface area contributed by atoms with E-state index in [0.717, 1.165) is 26.1 Å². The Hall–Kier alpha value is -3.17. The van der Waals surface area contributed by atoms with E-state index >= 15 is 0 Å². The minimum Gasteiger partial charge on any atom is -0.481 e. The molecule has 4 rings (SSSR count). The molecule has 1 amide bonds. The molecule has 2 aliphatic rings. The number of amides is 1. The highest BCUT2D eigenvalue weighted by Gasteiger charge is 2.36. The molecule has 1 unspecified atom stereocenters. The molecule has 1 aromatic carbocycles. The minimum atomic E-state index is -1.44. The van der Waals surface area contributed by atoms with Crippen molar-refractivity contribution >= 4 is 34.3 Å². The van der Waals surface area contributed by atoms with Crippen LogP contribution in [0.5, 0.6) is 0 Å². The molecule has 0 radical (unpaired) electrons. The predicted molar refractivity (Wildman–Crippen MR) is 133 cm³/mol. The number of rotatable bonds is 8. The van der Waals surface area contributed by atoms with Gasteiger partial charge >= 0.3 is 11.9 Å². The summed E-state index contributed by atoms with van der Waals surface area (Å²) in [5.41, 5.74) is 5.21. The van der Waals surface area contributed by atoms with Gasteiger partial charge < -0.3 is 25.2 Å². The molecular weight excluding hydrogens is 450 g/mol. The average molecular weight is 486 g/mol. The summed E-state index contributed by atoms with van der Waals surface area (Å²) in [5, 5.41) is 26.3. The number of benzene rings is 1. The molecule has 35 heavy (non-hydrogen) atoms. The van der Waals surface area contributed by atoms with Gasteiger partial charge in [0.2, 0.25) is 5.91 Å². The van der Waals surface area contributed by atoms with Crippen LogP contribution in [0.15, 0.2) is 30.5 Å². The summed E-state index contributed by atoms with van der Waals surface area (Å²) in [6, 6.07) is 6.82. The number of aromatic nitrogens is 1. The third-order valence-corrected chi connectivity index (χ3v) is 6.81. The zero-order valence-corrected chi connectivity index (χ0v) is 20.5. The molecule has 1 aliphatic carbocycles. The summed E-state index contributed by atoms with van der Waals surface area (Å²) < 4.78 is 0. The topological polar surface area (TPSA) is 134 Å². The highest BCUT2D eigenvalue weighted by molar-refractivity contribution is 5.99. The lowest BCUT2D eigenvalue weighted by Crippen LogP contribution is -2.47. The Morgan fingerprint density at radius 1 is 1.20 bits per heavy atom. The number of hydrogen-bond donors (Lipinski definition) is 4. The van der Waals surface area contributed by atoms with Crippen molar-refractivity contribution in [2.45, 2.75) is 51.7 Å². The Morgan fingerprint density at radius 3 is 2.54 bits per heavy atom. The Labute approximate surface area is 205 Å². The third-order valence-electron chi connectivity index (χ3n) is 6.81. The number of nitrogens with one attached hydrogen (secondary N) is 1. The fraction of sp³-hybridized carbons (Fsp3) is 0.500. The second-order valence-corrected chi connectivity index (χ2v) is 9.08. The van der Waals surface area contributed by atoms with E-state index < -0.39 is 18.0 Å². The normalized spacial score (nSPS) is 19.7. The molecule has 0 saturated heterocycles. The van der Waals surface area contributed by atoms with E-state index in [1.165, 1.54) is 27.6 Å². The molecule has 3 atom stereocenters. The lowest BCUT2D eigenvalue weighted by Gasteiger charge is -2.40. The van der Waals surface area contributed by atoms with Gasteiger partial charge in [0.1, 0.15) is 0 Å². The number of fused-ring (bicyclic) bond motifs is 2. The molecule has 0 bridgehead atoms. The summed E-state index contributed by atoms with van der Waals surface area (Å²) in [7, 11) is 2.15. The maximum Gasteiger partial charge on any atom is 0.332 e. The van der Waals surface area contributed by atoms with Crippen molar-refractivity contribution in [3.63, 3.8) is 0 Å². The summed E-state index contributed by atoms with van der Waals surface area (Å²) in [4.78, 5) is 40.5. The Bertz CT molecular complexity index is 1100. The zero-order valence-electron chi connectivity index (χ0n) is 20.5. The van der Waals surface area contributed by atoms with Gasteiger partial charge in [-0.1, -0.05) is 18.2 Å². The highest BCUT2D eigenvalue weighted by Crippen LogP contribution is 2.40. The van der Waals surface area contributed by atoms with Gasteiger partial charge in [-0.15, -0.1) is 0 Å². The number of carbonyl (C=O) groups excluding carboxylic acids is 1. The number of aromatic amines is 1. The van der Waals surface area contributed by atoms with Crippen LogP contribution in [0.1, 0.15) is 44.2 Å². The first-order valence-electron chi connectivity index (χ1n) is 12.1. The Morgan fingerprint density at radius 2 is 1.91 bits per heavy atom. The quantitative estimate of drug-likeness (QED) is 0.451. The van der Waals surface area contributed by atoms with Crippen molar-refractivity contribution in [3.8, 4) is 0 Å². The monoisotopic (exact) mass is 485 g/mol. The molecule has 2 heterocycles. The lowest BCUT2D eigenvalue weighted by molar-refractivity contribution is -0.147. The number of carbonyl (C=O) groups is 3. The van der Waals surface area contributed by atoms with E-state index in [0.29, 0.717) is 6.04 Å². The Kier molecular flexibility index (Phi) is 8.69. The van der Waals surface area contributed by atoms with Gasteiger partial charge in [0, 0.05) is 49.2 Å². The van der Waals surface area contributed by atoms with Crippen molar-refractivity contribution in [3.05, 3.63) is 41.6 Å². The van der Waals surface area contributed by atoms with E-state index in [-0.39, 0.29) is 31.1 Å². The number of carboxylic acids is 2. The van der Waals surface area contributed by atoms with Crippen LogP contribution in [-0.4, -0.2) is 86.8 Å². The summed E-state index contributed by atoms with van der Waals surface area (Å²) in [5.74, 6) is -2.08. The summed E-state index contributed by atoms with van der Waals surface area (Å²) >= 11 is 0. The maximum atomic E-state index is 12.9. The first-order chi connectivity index (χ1) is 16.7. The van der Waals surface area contributed by atoms with E-state index in [2.05, 4.69) is 61.3 Å². The first kappa shape index (κ1) is 26.4. The smallest absolute Gasteiger partial charge is 0.332 e. The predicted octanol–water partition coefficient (Wildman–Crippen LogP) is 2.59. The van der Waals surface area contributed by atoms with Gasteiger partial charge in [-0.2, -0.15) is 0 Å². The molecule has 1 aliphatic heterocycles. The van der Waals surface area contributed by atoms with Gasteiger partial charge in [-0.05, 0) is 62.9 Å². The molecule has 2 aromatic rings. The molecular formula is C26H35N3O6. The van der Waals surface area contributed by atoms with Gasteiger partial charge in [0.25, 0.3) is 0 Å². The number of aliphatic hydroxyl groups is 1. The van der Waals surface area contributed by atoms with Crippen LogP contribution in [0, 0.1) is 5.92 Å². The molecule has 9 heteroatoms. The van der Waals surface area contributed by atoms with Crippen LogP contribution in [0.25, 0.3) is 16.5 Å². The molecule has 0 saturated carbocycles. The lowest BCUT2D eigenvalue weighted by atomic mass is 9.79. The highest BCUT2D eigenvalue weighted by atomic mass is 16.4. The average Bonchev–Trinajstić information content (AvgIpc) is 3.24. The van der Waals surface area contributed by atoms with E-state index in [4.69, 9.17) is 15.3 Å². The van der Waals surface area contributed by atoms with Crippen LogP contribution in [-0.2, 0) is 20.8 Å². The van der Waals surface area contributed by atoms with Gasteiger partial charge in [-0.3, -0.25) is 14.5 Å². The van der Waals surface area contributed by atoms with E-state index in [1.54, 1.807) is 0 Å². The van der Waals surface area contributed by atoms with E-state index in [9.17, 15) is 14.4 Å². The van der Waals surface area contributed by atoms with E-state index in [1.807, 2.05) is 4.90 Å². The summed E-state index contributed by atoms with van der Waals surface area (Å²) in [6.07, 6.45) is 4.04. The van der Waals surface area contributed by atoms with Crippen molar-refractivity contribution in [1.82, 2.24) is 14.8 Å². The van der Waals surface area contributed by atoms with Gasteiger partial charge in [-0.25, -0.2) is 4.79 Å². The molecule has 4 N–H and O–H groups in total. The zero-order chi connectivity index (χ0) is 25.7. The molecule has 0 spiro atoms. The van der Waals surface area contributed by atoms with Crippen LogP contribution in [0.2, 0.25) is 0 Å². The fourth-order valence-electron chi connectivity index (χ4n) is 4.95. The van der Waals surface area contributed by atoms with Crippen LogP contribution >= 0.6 is 0 Å². The second-order valence-electron chi connectivity index (χ2n) is 9.08. The molecule has 9 nitrogen and oxygen atoms in total. The molecule has 0 fully saturated rings. The van der Waals surface area contributed by atoms with Crippen molar-refractivity contribution in [1.29, 1.82) is 0 Å². The van der Waals surface area contributed by atoms with Crippen molar-refractivity contribution in [2.24, 2.45) is 5.92 Å². The maximum absolute atomic E-state index is 12.9. The first-order valence-corrected chi connectivity index (χ1v) is 12.1. The van der Waals surface area contributed by atoms with Crippen molar-refractivity contribution < 1.29 is 29.7 Å². The number of likely N-dealkylation sites (N-methyl/N-ethyl adjacent to an activating group) is 1. The van der Waals surface area contributed by atoms with Crippen LogP contribution < -0.4 is 0 Å². The number of nitrogens with zero attached hydrogens (tertiary/aromatic N) is 2. The standard InChI is InChI=1S/C20H25N3O.C6H10O5/c1-4-23(5-2)20(24)14-9-16-15-7-6-8-17-19(15)13(11-21-17)10-18(16)22(3)12-14;7-4(6(10)11)2-1-3-5(8)9/h6-9,11,14,18,21H,4-5,10,12H2,1-3H3;4,7H,1-3H2,(H,8,9)(H,10,11)/t14-,18-;/m1./s1. The van der Waals surface area contributed by atoms with Crippen LogP contribution in [0.4, 0.5) is 0 Å². The summed E-state index contributed by atoms with van der Waals surface area (Å²) in [6.45, 7) is 6.47. The van der Waals surface area contributed by atoms with Crippen molar-refractivity contribution in [2.75, 3.05) is 26.7 Å². The molecule has 190 valence electrons. The molecule has 1 aromatic heterocycles. The minimum absolute atomic E-state index is 0.0123. The van der Waals surface area contributed by atoms with Gasteiger partial charge in [0.05, 0.1) is 5.92 Å². The third kappa shape index (κ3) is 5.91. The number of aliphatic carboxylic acids is 2. The van der Waals surface area contributed by atoms with Gasteiger partial charge in [0.15, 0.2) is 6.10 Å². The number of aliphatic hydroxyl groups excluding tert-OH is 1. The Balaban J connectivity index is 0.000000266. The number of carboxylic acid groups (broad SMARTS) is 2. The fourth-order valence-corrected chi connectivity index (χ4v) is 4.95. The second kappa shape index (κ2) is 11.5.